The molecule has 0 bridgehead atoms. The molecule has 5 heteroatoms. The van der Waals surface area contributed by atoms with Crippen LogP contribution in [0.1, 0.15) is 25.1 Å². The summed E-state index contributed by atoms with van der Waals surface area (Å²) in [6, 6.07) is 2.59. The average Bonchev–Trinajstić information content (AvgIpc) is 2.14. The van der Waals surface area contributed by atoms with Gasteiger partial charge in [-0.1, -0.05) is 26.1 Å². The van der Waals surface area contributed by atoms with Crippen molar-refractivity contribution in [1.29, 1.82) is 0 Å². The van der Waals surface area contributed by atoms with Gasteiger partial charge in [0, 0.05) is 0 Å². The average molecular weight is 217 g/mol. The van der Waals surface area contributed by atoms with Gasteiger partial charge in [-0.15, -0.1) is 6.54 Å². The fourth-order valence-electron chi connectivity index (χ4n) is 0.921. The standard InChI is InChI=1S/C10H12F3N2/c1-7(2)14-5-8-3-4-9(15-6-8)10(11,12)13/h3-7,14H,1-2H3/q-1. The summed E-state index contributed by atoms with van der Waals surface area (Å²) in [5.41, 5.74) is -0.249. The molecule has 2 nitrogen and oxygen atoms in total. The maximum Gasteiger partial charge on any atom is 0.431 e. The summed E-state index contributed by atoms with van der Waals surface area (Å²) in [7, 11) is 0. The number of pyridine rings is 1. The number of nitrogens with one attached hydrogen (secondary N) is 1. The van der Waals surface area contributed by atoms with Gasteiger partial charge in [-0.25, -0.2) is 0 Å². The number of hydrogen-bond acceptors (Lipinski definition) is 2. The van der Waals surface area contributed by atoms with Crippen LogP contribution in [0.4, 0.5) is 13.2 Å². The third kappa shape index (κ3) is 3.79. The van der Waals surface area contributed by atoms with E-state index in [0.717, 1.165) is 6.07 Å². The first-order chi connectivity index (χ1) is 6.89. The molecule has 1 heterocycles. The minimum absolute atomic E-state index is 0.243. The third-order valence-corrected chi connectivity index (χ3v) is 1.66. The van der Waals surface area contributed by atoms with Crippen molar-refractivity contribution in [3.8, 4) is 0 Å². The molecule has 0 unspecified atom stereocenters. The van der Waals surface area contributed by atoms with Crippen molar-refractivity contribution in [3.63, 3.8) is 0 Å². The van der Waals surface area contributed by atoms with Crippen LogP contribution in [-0.4, -0.2) is 11.0 Å². The van der Waals surface area contributed by atoms with Gasteiger partial charge in [0.1, 0.15) is 5.69 Å². The smallest absolute Gasteiger partial charge is 0.345 e. The van der Waals surface area contributed by atoms with E-state index in [4.69, 9.17) is 0 Å². The molecule has 0 saturated heterocycles. The zero-order chi connectivity index (χ0) is 11.5. The Hall–Kier alpha value is -1.23. The first-order valence-corrected chi connectivity index (χ1v) is 4.52. The zero-order valence-corrected chi connectivity index (χ0v) is 8.47. The highest BCUT2D eigenvalue weighted by Gasteiger charge is 2.30. The van der Waals surface area contributed by atoms with Gasteiger partial charge < -0.3 is 10.3 Å². The second-order valence-corrected chi connectivity index (χ2v) is 3.44. The quantitative estimate of drug-likeness (QED) is 0.787. The lowest BCUT2D eigenvalue weighted by atomic mass is 10.2. The Morgan fingerprint density at radius 3 is 2.40 bits per heavy atom. The molecular weight excluding hydrogens is 205 g/mol. The number of alkyl halides is 3. The fourth-order valence-corrected chi connectivity index (χ4v) is 0.921. The van der Waals surface area contributed by atoms with Crippen LogP contribution in [0.3, 0.4) is 0 Å². The molecule has 84 valence electrons. The SMILES string of the molecule is CC(C)N[CH-]c1ccc(C(F)(F)F)nc1. The Balaban J connectivity index is 2.65. The number of halogens is 3. The van der Waals surface area contributed by atoms with Crippen LogP contribution in [-0.2, 0) is 6.18 Å². The Morgan fingerprint density at radius 1 is 1.33 bits per heavy atom. The van der Waals surface area contributed by atoms with E-state index in [9.17, 15) is 13.2 Å². The highest BCUT2D eigenvalue weighted by atomic mass is 19.4. The van der Waals surface area contributed by atoms with Gasteiger partial charge in [0.25, 0.3) is 0 Å². The second-order valence-electron chi connectivity index (χ2n) is 3.44. The Labute approximate surface area is 86.5 Å². The summed E-state index contributed by atoms with van der Waals surface area (Å²) < 4.78 is 36.4. The van der Waals surface area contributed by atoms with Crippen LogP contribution in [0.15, 0.2) is 18.3 Å². The molecule has 0 atom stereocenters. The van der Waals surface area contributed by atoms with Crippen molar-refractivity contribution >= 4 is 0 Å². The Morgan fingerprint density at radius 2 is 2.00 bits per heavy atom. The van der Waals surface area contributed by atoms with Gasteiger partial charge in [0.2, 0.25) is 0 Å². The van der Waals surface area contributed by atoms with Gasteiger partial charge in [0.05, 0.1) is 0 Å². The molecule has 1 rings (SSSR count). The minimum atomic E-state index is -4.37. The van der Waals surface area contributed by atoms with Crippen molar-refractivity contribution in [2.24, 2.45) is 0 Å². The number of aromatic nitrogens is 1. The largest absolute Gasteiger partial charge is 0.431 e. The molecule has 0 aliphatic carbocycles. The summed E-state index contributed by atoms with van der Waals surface area (Å²) >= 11 is 0. The van der Waals surface area contributed by atoms with Crippen LogP contribution in [0.5, 0.6) is 0 Å². The highest BCUT2D eigenvalue weighted by Crippen LogP contribution is 2.27. The maximum atomic E-state index is 12.1. The van der Waals surface area contributed by atoms with E-state index in [1.807, 2.05) is 13.8 Å². The van der Waals surface area contributed by atoms with Gasteiger partial charge in [-0.3, -0.25) is 0 Å². The van der Waals surface area contributed by atoms with Crippen LogP contribution in [0.2, 0.25) is 0 Å². The van der Waals surface area contributed by atoms with Gasteiger partial charge in [0.15, 0.2) is 0 Å². The van der Waals surface area contributed by atoms with Crippen LogP contribution < -0.4 is 5.32 Å². The predicted molar refractivity (Wildman–Crippen MR) is 50.9 cm³/mol. The van der Waals surface area contributed by atoms with E-state index in [1.165, 1.54) is 12.3 Å². The first kappa shape index (κ1) is 11.8. The van der Waals surface area contributed by atoms with Crippen LogP contribution >= 0.6 is 0 Å². The lowest BCUT2D eigenvalue weighted by Crippen LogP contribution is -2.20. The number of rotatable bonds is 3. The van der Waals surface area contributed by atoms with Gasteiger partial charge in [-0.05, 0) is 6.04 Å². The van der Waals surface area contributed by atoms with Gasteiger partial charge >= 0.3 is 6.18 Å². The topological polar surface area (TPSA) is 24.9 Å². The number of nitrogens with zero attached hydrogens (tertiary/aromatic N) is 1. The molecule has 0 amide bonds. The highest BCUT2D eigenvalue weighted by molar-refractivity contribution is 5.21. The summed E-state index contributed by atoms with van der Waals surface area (Å²) in [6.45, 7) is 5.51. The summed E-state index contributed by atoms with van der Waals surface area (Å²) in [6.07, 6.45) is -3.18. The van der Waals surface area contributed by atoms with E-state index >= 15 is 0 Å². The lowest BCUT2D eigenvalue weighted by molar-refractivity contribution is -0.141. The molecule has 0 aliphatic rings. The molecule has 1 N–H and O–H groups in total. The van der Waals surface area contributed by atoms with Crippen molar-refractivity contribution in [1.82, 2.24) is 10.3 Å². The van der Waals surface area contributed by atoms with E-state index in [-0.39, 0.29) is 6.04 Å². The maximum absolute atomic E-state index is 12.1. The van der Waals surface area contributed by atoms with E-state index in [1.54, 1.807) is 6.54 Å². The molecule has 1 aromatic heterocycles. The molecule has 0 fully saturated rings. The van der Waals surface area contributed by atoms with E-state index < -0.39 is 11.9 Å². The zero-order valence-electron chi connectivity index (χ0n) is 8.47. The summed E-state index contributed by atoms with van der Waals surface area (Å²) in [5.74, 6) is 0. The normalized spacial score (nSPS) is 11.9. The Kier molecular flexibility index (Phi) is 3.57. The van der Waals surface area contributed by atoms with E-state index in [2.05, 4.69) is 10.3 Å². The molecule has 1 aromatic rings. The van der Waals surface area contributed by atoms with E-state index in [0.29, 0.717) is 5.56 Å². The molecule has 0 saturated carbocycles. The van der Waals surface area contributed by atoms with Crippen LogP contribution in [0, 0.1) is 6.54 Å². The molecule has 0 spiro atoms. The number of hydrogen-bond donors (Lipinski definition) is 1. The van der Waals surface area contributed by atoms with Crippen LogP contribution in [0.25, 0.3) is 0 Å². The van der Waals surface area contributed by atoms with Crippen molar-refractivity contribution < 1.29 is 13.2 Å². The van der Waals surface area contributed by atoms with Crippen molar-refractivity contribution in [3.05, 3.63) is 36.1 Å². The monoisotopic (exact) mass is 217 g/mol. The van der Waals surface area contributed by atoms with Crippen molar-refractivity contribution in [2.75, 3.05) is 0 Å². The second kappa shape index (κ2) is 4.53. The molecule has 15 heavy (non-hydrogen) atoms. The predicted octanol–water partition coefficient (Wildman–Crippen LogP) is 2.61. The van der Waals surface area contributed by atoms with Gasteiger partial charge in [-0.2, -0.15) is 24.8 Å². The first-order valence-electron chi connectivity index (χ1n) is 4.52. The molecule has 0 radical (unpaired) electrons. The Bertz CT molecular complexity index is 303. The third-order valence-electron chi connectivity index (χ3n) is 1.66. The summed E-state index contributed by atoms with van der Waals surface area (Å²) in [4.78, 5) is 3.33. The molecule has 0 aliphatic heterocycles. The minimum Gasteiger partial charge on any atom is -0.345 e. The molecule has 0 aromatic carbocycles. The molecular formula is C10H12F3N2-. The fraction of sp³-hybridized carbons (Fsp3) is 0.400. The van der Waals surface area contributed by atoms with Crippen molar-refractivity contribution in [2.45, 2.75) is 26.1 Å². The summed E-state index contributed by atoms with van der Waals surface area (Å²) in [5, 5.41) is 2.97. The lowest BCUT2D eigenvalue weighted by Gasteiger charge is -2.15.